The Bertz CT molecular complexity index is 1100. The van der Waals surface area contributed by atoms with E-state index in [0.29, 0.717) is 18.0 Å². The molecule has 3 aromatic carbocycles. The zero-order valence-corrected chi connectivity index (χ0v) is 20.9. The zero-order valence-electron chi connectivity index (χ0n) is 20.1. The molecule has 0 unspecified atom stereocenters. The summed E-state index contributed by atoms with van der Waals surface area (Å²) in [5, 5.41) is 3.65. The van der Waals surface area contributed by atoms with Crippen LogP contribution >= 0.6 is 11.6 Å². The molecule has 4 nitrogen and oxygen atoms in total. The number of carbonyl (C=O) groups excluding carboxylic acids is 2. The van der Waals surface area contributed by atoms with E-state index in [2.05, 4.69) is 5.32 Å². The van der Waals surface area contributed by atoms with Crippen molar-refractivity contribution in [1.82, 2.24) is 10.2 Å². The zero-order chi connectivity index (χ0) is 24.5. The van der Waals surface area contributed by atoms with Crippen molar-refractivity contribution in [2.24, 2.45) is 0 Å². The Morgan fingerprint density at radius 1 is 0.912 bits per heavy atom. The van der Waals surface area contributed by atoms with E-state index in [0.717, 1.165) is 28.7 Å². The van der Waals surface area contributed by atoms with Crippen LogP contribution in [0, 0.1) is 6.92 Å². The molecule has 0 fully saturated rings. The lowest BCUT2D eigenvalue weighted by molar-refractivity contribution is -0.141. The van der Waals surface area contributed by atoms with Crippen molar-refractivity contribution in [2.45, 2.75) is 58.7 Å². The van der Waals surface area contributed by atoms with Crippen LogP contribution in [0.2, 0.25) is 5.02 Å². The van der Waals surface area contributed by atoms with Gasteiger partial charge in [-0.25, -0.2) is 0 Å². The molecular formula is C29H33ClN2O2. The summed E-state index contributed by atoms with van der Waals surface area (Å²) < 4.78 is 0. The number of benzene rings is 3. The van der Waals surface area contributed by atoms with Crippen LogP contribution in [0.4, 0.5) is 0 Å². The van der Waals surface area contributed by atoms with Crippen molar-refractivity contribution in [1.29, 1.82) is 0 Å². The van der Waals surface area contributed by atoms with E-state index in [4.69, 9.17) is 11.6 Å². The maximum atomic E-state index is 13.8. The topological polar surface area (TPSA) is 49.4 Å². The van der Waals surface area contributed by atoms with E-state index in [9.17, 15) is 9.59 Å². The van der Waals surface area contributed by atoms with Crippen LogP contribution in [-0.2, 0) is 29.0 Å². The van der Waals surface area contributed by atoms with Crippen LogP contribution in [0.15, 0.2) is 78.9 Å². The van der Waals surface area contributed by atoms with Crippen LogP contribution in [0.5, 0.6) is 0 Å². The number of amides is 2. The Balaban J connectivity index is 2.00. The highest BCUT2D eigenvalue weighted by Gasteiger charge is 2.31. The molecule has 2 atom stereocenters. The van der Waals surface area contributed by atoms with Crippen molar-refractivity contribution in [3.8, 4) is 0 Å². The highest BCUT2D eigenvalue weighted by Crippen LogP contribution is 2.21. The van der Waals surface area contributed by atoms with Gasteiger partial charge in [-0.2, -0.15) is 0 Å². The first-order valence-electron chi connectivity index (χ1n) is 11.8. The van der Waals surface area contributed by atoms with Crippen LogP contribution in [0.1, 0.15) is 42.5 Å². The first-order chi connectivity index (χ1) is 16.4. The minimum atomic E-state index is -0.647. The average molecular weight is 477 g/mol. The largest absolute Gasteiger partial charge is 0.352 e. The van der Waals surface area contributed by atoms with E-state index in [-0.39, 0.29) is 24.3 Å². The van der Waals surface area contributed by atoms with E-state index < -0.39 is 6.04 Å². The first kappa shape index (κ1) is 25.5. The number of rotatable bonds is 10. The van der Waals surface area contributed by atoms with E-state index in [1.807, 2.05) is 93.6 Å². The normalized spacial score (nSPS) is 12.6. The van der Waals surface area contributed by atoms with Gasteiger partial charge in [-0.3, -0.25) is 9.59 Å². The number of nitrogens with one attached hydrogen (secondary N) is 1. The second-order valence-electron chi connectivity index (χ2n) is 8.74. The average Bonchev–Trinajstić information content (AvgIpc) is 2.84. The smallest absolute Gasteiger partial charge is 0.243 e. The lowest BCUT2D eigenvalue weighted by Gasteiger charge is -2.33. The minimum Gasteiger partial charge on any atom is -0.352 e. The maximum Gasteiger partial charge on any atom is 0.243 e. The molecule has 2 amide bonds. The maximum absolute atomic E-state index is 13.8. The standard InChI is InChI=1S/C29H33ClN2O2/c1-4-22(3)31-29(34)27(18-23-13-6-5-7-14-23)32(20-25-16-9-8-12-21(25)2)28(33)19-24-15-10-11-17-26(24)30/h5-17,22,27H,4,18-20H2,1-3H3,(H,31,34)/t22-,27+/m0/s1. The molecule has 178 valence electrons. The third kappa shape index (κ3) is 6.94. The monoisotopic (exact) mass is 476 g/mol. The molecular weight excluding hydrogens is 444 g/mol. The van der Waals surface area contributed by atoms with Gasteiger partial charge in [-0.05, 0) is 48.6 Å². The molecule has 0 aliphatic carbocycles. The highest BCUT2D eigenvalue weighted by atomic mass is 35.5. The van der Waals surface area contributed by atoms with Gasteiger partial charge in [0.15, 0.2) is 0 Å². The predicted octanol–water partition coefficient (Wildman–Crippen LogP) is 5.75. The van der Waals surface area contributed by atoms with Crippen molar-refractivity contribution in [3.63, 3.8) is 0 Å². The molecule has 5 heteroatoms. The quantitative estimate of drug-likeness (QED) is 0.405. The van der Waals surface area contributed by atoms with E-state index in [1.54, 1.807) is 11.0 Å². The molecule has 0 saturated heterocycles. The second-order valence-corrected chi connectivity index (χ2v) is 9.15. The molecule has 0 aliphatic rings. The van der Waals surface area contributed by atoms with Gasteiger partial charge in [-0.1, -0.05) is 91.3 Å². The summed E-state index contributed by atoms with van der Waals surface area (Å²) in [5.74, 6) is -0.268. The summed E-state index contributed by atoms with van der Waals surface area (Å²) in [6.07, 6.45) is 1.38. The Morgan fingerprint density at radius 3 is 2.18 bits per heavy atom. The molecule has 3 rings (SSSR count). The number of nitrogens with zero attached hydrogens (tertiary/aromatic N) is 1. The molecule has 0 aliphatic heterocycles. The molecule has 34 heavy (non-hydrogen) atoms. The number of carbonyl (C=O) groups is 2. The number of aryl methyl sites for hydroxylation is 1. The molecule has 3 aromatic rings. The lowest BCUT2D eigenvalue weighted by atomic mass is 10.00. The lowest BCUT2D eigenvalue weighted by Crippen LogP contribution is -2.52. The van der Waals surface area contributed by atoms with Crippen LogP contribution in [0.25, 0.3) is 0 Å². The summed E-state index contributed by atoms with van der Waals surface area (Å²) in [7, 11) is 0. The molecule has 0 radical (unpaired) electrons. The molecule has 0 heterocycles. The van der Waals surface area contributed by atoms with Crippen molar-refractivity contribution >= 4 is 23.4 Å². The van der Waals surface area contributed by atoms with Crippen molar-refractivity contribution in [2.75, 3.05) is 0 Å². The fourth-order valence-electron chi connectivity index (χ4n) is 3.87. The van der Waals surface area contributed by atoms with Crippen LogP contribution in [0.3, 0.4) is 0 Å². The van der Waals surface area contributed by atoms with Gasteiger partial charge in [0, 0.05) is 24.0 Å². The van der Waals surface area contributed by atoms with Crippen molar-refractivity contribution in [3.05, 3.63) is 106 Å². The summed E-state index contributed by atoms with van der Waals surface area (Å²) in [5.41, 5.74) is 3.86. The molecule has 0 saturated carbocycles. The van der Waals surface area contributed by atoms with Gasteiger partial charge in [0.05, 0.1) is 6.42 Å². The highest BCUT2D eigenvalue weighted by molar-refractivity contribution is 6.31. The summed E-state index contributed by atoms with van der Waals surface area (Å²) >= 11 is 6.37. The number of hydrogen-bond acceptors (Lipinski definition) is 2. The minimum absolute atomic E-state index is 0.0183. The van der Waals surface area contributed by atoms with Gasteiger partial charge >= 0.3 is 0 Å². The van der Waals surface area contributed by atoms with Gasteiger partial charge in [-0.15, -0.1) is 0 Å². The Hall–Kier alpha value is -3.11. The van der Waals surface area contributed by atoms with Crippen molar-refractivity contribution < 1.29 is 9.59 Å². The second kappa shape index (κ2) is 12.4. The predicted molar refractivity (Wildman–Crippen MR) is 139 cm³/mol. The molecule has 1 N–H and O–H groups in total. The van der Waals surface area contributed by atoms with Crippen LogP contribution < -0.4 is 5.32 Å². The first-order valence-corrected chi connectivity index (χ1v) is 12.2. The van der Waals surface area contributed by atoms with Crippen LogP contribution in [-0.4, -0.2) is 28.8 Å². The van der Waals surface area contributed by atoms with Gasteiger partial charge < -0.3 is 10.2 Å². The third-order valence-electron chi connectivity index (χ3n) is 6.17. The summed E-state index contributed by atoms with van der Waals surface area (Å²) in [4.78, 5) is 29.0. The fourth-order valence-corrected chi connectivity index (χ4v) is 4.07. The summed E-state index contributed by atoms with van der Waals surface area (Å²) in [6.45, 7) is 6.39. The van der Waals surface area contributed by atoms with E-state index in [1.165, 1.54) is 0 Å². The van der Waals surface area contributed by atoms with Gasteiger partial charge in [0.1, 0.15) is 6.04 Å². The Labute approximate surface area is 207 Å². The molecule has 0 aromatic heterocycles. The fraction of sp³-hybridized carbons (Fsp3) is 0.310. The third-order valence-corrected chi connectivity index (χ3v) is 6.54. The Morgan fingerprint density at radius 2 is 1.53 bits per heavy atom. The SMILES string of the molecule is CC[C@H](C)NC(=O)[C@@H](Cc1ccccc1)N(Cc1ccccc1C)C(=O)Cc1ccccc1Cl. The molecule has 0 spiro atoms. The molecule has 0 bridgehead atoms. The number of halogens is 1. The number of hydrogen-bond donors (Lipinski definition) is 1. The Kier molecular flexibility index (Phi) is 9.29. The van der Waals surface area contributed by atoms with E-state index >= 15 is 0 Å². The van der Waals surface area contributed by atoms with Gasteiger partial charge in [0.25, 0.3) is 0 Å². The summed E-state index contributed by atoms with van der Waals surface area (Å²) in [6, 6.07) is 24.6. The van der Waals surface area contributed by atoms with Gasteiger partial charge in [0.2, 0.25) is 11.8 Å².